The van der Waals surface area contributed by atoms with Crippen molar-refractivity contribution in [2.24, 2.45) is 0 Å². The highest BCUT2D eigenvalue weighted by atomic mass is 32.2. The number of carbonyl (C=O) groups excluding carboxylic acids is 1. The molecule has 1 aliphatic heterocycles. The van der Waals surface area contributed by atoms with Gasteiger partial charge in [0.1, 0.15) is 0 Å². The van der Waals surface area contributed by atoms with Crippen LogP contribution in [0.15, 0.2) is 24.3 Å². The van der Waals surface area contributed by atoms with Gasteiger partial charge in [-0.2, -0.15) is 11.8 Å². The molecule has 0 amide bonds. The topological polar surface area (TPSA) is 29.5 Å². The maximum absolute atomic E-state index is 11.7. The molecule has 2 rings (SSSR count). The van der Waals surface area contributed by atoms with E-state index in [9.17, 15) is 4.79 Å². The van der Waals surface area contributed by atoms with Crippen LogP contribution in [0.1, 0.15) is 22.8 Å². The molecule has 0 aliphatic carbocycles. The van der Waals surface area contributed by atoms with Crippen molar-refractivity contribution >= 4 is 17.7 Å². The maximum atomic E-state index is 11.7. The molecule has 1 heterocycles. The van der Waals surface area contributed by atoms with E-state index in [4.69, 9.17) is 4.74 Å². The van der Waals surface area contributed by atoms with Crippen molar-refractivity contribution in [3.05, 3.63) is 35.4 Å². The summed E-state index contributed by atoms with van der Waals surface area (Å²) in [6.07, 6.45) is 0. The lowest BCUT2D eigenvalue weighted by Crippen LogP contribution is -2.39. The fourth-order valence-electron chi connectivity index (χ4n) is 2.18. The standard InChI is InChI=1S/C14H19NO2S/c1-11-10-18-8-7-15(11)9-12-5-3-4-6-13(12)14(16)17-2/h3-6,11H,7-10H2,1-2H3. The van der Waals surface area contributed by atoms with E-state index < -0.39 is 0 Å². The lowest BCUT2D eigenvalue weighted by molar-refractivity contribution is 0.0597. The highest BCUT2D eigenvalue weighted by Gasteiger charge is 2.20. The quantitative estimate of drug-likeness (QED) is 0.785. The SMILES string of the molecule is COC(=O)c1ccccc1CN1CCSCC1C. The normalized spacial score (nSPS) is 20.7. The summed E-state index contributed by atoms with van der Waals surface area (Å²) < 4.78 is 4.83. The van der Waals surface area contributed by atoms with Crippen LogP contribution < -0.4 is 0 Å². The minimum absolute atomic E-state index is 0.246. The van der Waals surface area contributed by atoms with Crippen LogP contribution in [0.5, 0.6) is 0 Å². The highest BCUT2D eigenvalue weighted by molar-refractivity contribution is 7.99. The summed E-state index contributed by atoms with van der Waals surface area (Å²) in [7, 11) is 1.43. The van der Waals surface area contributed by atoms with Crippen molar-refractivity contribution in [3.63, 3.8) is 0 Å². The van der Waals surface area contributed by atoms with Gasteiger partial charge < -0.3 is 4.74 Å². The molecule has 1 aromatic carbocycles. The van der Waals surface area contributed by atoms with Gasteiger partial charge in [-0.25, -0.2) is 4.79 Å². The third kappa shape index (κ3) is 3.06. The second kappa shape index (κ2) is 6.25. The van der Waals surface area contributed by atoms with E-state index in [1.165, 1.54) is 18.6 Å². The number of esters is 1. The molecule has 0 N–H and O–H groups in total. The van der Waals surface area contributed by atoms with Gasteiger partial charge in [0.2, 0.25) is 0 Å². The number of thioether (sulfide) groups is 1. The first-order chi connectivity index (χ1) is 8.72. The molecule has 1 fully saturated rings. The van der Waals surface area contributed by atoms with Crippen LogP contribution in [0.3, 0.4) is 0 Å². The van der Waals surface area contributed by atoms with Crippen molar-refractivity contribution in [2.75, 3.05) is 25.2 Å². The number of carbonyl (C=O) groups is 1. The van der Waals surface area contributed by atoms with Crippen molar-refractivity contribution in [1.82, 2.24) is 4.90 Å². The van der Waals surface area contributed by atoms with Crippen molar-refractivity contribution in [2.45, 2.75) is 19.5 Å². The Morgan fingerprint density at radius 3 is 3.00 bits per heavy atom. The number of hydrogen-bond acceptors (Lipinski definition) is 4. The minimum atomic E-state index is -0.246. The summed E-state index contributed by atoms with van der Waals surface area (Å²) in [5.74, 6) is 2.09. The molecule has 0 saturated carbocycles. The summed E-state index contributed by atoms with van der Waals surface area (Å²) >= 11 is 2.00. The molecule has 1 aliphatic rings. The minimum Gasteiger partial charge on any atom is -0.465 e. The lowest BCUT2D eigenvalue weighted by Gasteiger charge is -2.33. The van der Waals surface area contributed by atoms with Crippen LogP contribution in [-0.2, 0) is 11.3 Å². The first-order valence-electron chi connectivity index (χ1n) is 6.20. The van der Waals surface area contributed by atoms with Crippen molar-refractivity contribution in [3.8, 4) is 0 Å². The number of nitrogens with zero attached hydrogens (tertiary/aromatic N) is 1. The average molecular weight is 265 g/mol. The van der Waals surface area contributed by atoms with E-state index in [1.54, 1.807) is 0 Å². The van der Waals surface area contributed by atoms with Gasteiger partial charge in [-0.1, -0.05) is 18.2 Å². The summed E-state index contributed by atoms with van der Waals surface area (Å²) in [4.78, 5) is 14.1. The number of benzene rings is 1. The number of ether oxygens (including phenoxy) is 1. The second-order valence-electron chi connectivity index (χ2n) is 4.54. The second-order valence-corrected chi connectivity index (χ2v) is 5.69. The number of rotatable bonds is 3. The predicted molar refractivity (Wildman–Crippen MR) is 75.0 cm³/mol. The molecule has 3 nitrogen and oxygen atoms in total. The van der Waals surface area contributed by atoms with Crippen LogP contribution in [0.2, 0.25) is 0 Å². The van der Waals surface area contributed by atoms with E-state index >= 15 is 0 Å². The summed E-state index contributed by atoms with van der Waals surface area (Å²) in [5.41, 5.74) is 1.74. The summed E-state index contributed by atoms with van der Waals surface area (Å²) in [5, 5.41) is 0. The monoisotopic (exact) mass is 265 g/mol. The van der Waals surface area contributed by atoms with Gasteiger partial charge in [0.15, 0.2) is 0 Å². The fraction of sp³-hybridized carbons (Fsp3) is 0.500. The van der Waals surface area contributed by atoms with Gasteiger partial charge in [0.05, 0.1) is 12.7 Å². The Morgan fingerprint density at radius 1 is 1.50 bits per heavy atom. The van der Waals surface area contributed by atoms with Gasteiger partial charge >= 0.3 is 5.97 Å². The van der Waals surface area contributed by atoms with E-state index in [-0.39, 0.29) is 5.97 Å². The Balaban J connectivity index is 2.15. The lowest BCUT2D eigenvalue weighted by atomic mass is 10.1. The van der Waals surface area contributed by atoms with Crippen LogP contribution >= 0.6 is 11.8 Å². The number of methoxy groups -OCH3 is 1. The van der Waals surface area contributed by atoms with Crippen LogP contribution in [0.25, 0.3) is 0 Å². The first kappa shape index (κ1) is 13.4. The van der Waals surface area contributed by atoms with Gasteiger partial charge in [-0.05, 0) is 18.6 Å². The molecule has 1 unspecified atom stereocenters. The molecule has 1 aromatic rings. The van der Waals surface area contributed by atoms with E-state index in [0.717, 1.165) is 18.7 Å². The van der Waals surface area contributed by atoms with Gasteiger partial charge in [0, 0.05) is 30.6 Å². The number of hydrogen-bond donors (Lipinski definition) is 0. The molecular formula is C14H19NO2S. The molecule has 18 heavy (non-hydrogen) atoms. The van der Waals surface area contributed by atoms with E-state index in [1.807, 2.05) is 36.0 Å². The Labute approximate surface area is 113 Å². The molecule has 0 aromatic heterocycles. The molecule has 1 saturated heterocycles. The molecule has 1 atom stereocenters. The molecule has 0 bridgehead atoms. The Bertz CT molecular complexity index is 422. The Kier molecular flexibility index (Phi) is 4.66. The molecule has 98 valence electrons. The summed E-state index contributed by atoms with van der Waals surface area (Å²) in [6.45, 7) is 4.15. The van der Waals surface area contributed by atoms with Crippen molar-refractivity contribution < 1.29 is 9.53 Å². The zero-order valence-electron chi connectivity index (χ0n) is 10.9. The van der Waals surface area contributed by atoms with Gasteiger partial charge in [-0.3, -0.25) is 4.90 Å². The summed E-state index contributed by atoms with van der Waals surface area (Å²) in [6, 6.07) is 8.27. The largest absolute Gasteiger partial charge is 0.465 e. The first-order valence-corrected chi connectivity index (χ1v) is 7.36. The van der Waals surface area contributed by atoms with Gasteiger partial charge in [-0.15, -0.1) is 0 Å². The van der Waals surface area contributed by atoms with E-state index in [0.29, 0.717) is 11.6 Å². The zero-order valence-corrected chi connectivity index (χ0v) is 11.7. The molecule has 0 radical (unpaired) electrons. The van der Waals surface area contributed by atoms with Crippen LogP contribution in [0.4, 0.5) is 0 Å². The third-order valence-corrected chi connectivity index (χ3v) is 4.49. The molecule has 4 heteroatoms. The van der Waals surface area contributed by atoms with E-state index in [2.05, 4.69) is 11.8 Å². The molecule has 0 spiro atoms. The Morgan fingerprint density at radius 2 is 2.28 bits per heavy atom. The van der Waals surface area contributed by atoms with Crippen LogP contribution in [-0.4, -0.2) is 42.1 Å². The molecular weight excluding hydrogens is 246 g/mol. The van der Waals surface area contributed by atoms with Gasteiger partial charge in [0.25, 0.3) is 0 Å². The maximum Gasteiger partial charge on any atom is 0.338 e. The Hall–Kier alpha value is -1.00. The highest BCUT2D eigenvalue weighted by Crippen LogP contribution is 2.20. The average Bonchev–Trinajstić information content (AvgIpc) is 2.41. The zero-order chi connectivity index (χ0) is 13.0. The van der Waals surface area contributed by atoms with Crippen LogP contribution in [0, 0.1) is 0 Å². The third-order valence-electron chi connectivity index (χ3n) is 3.30. The fourth-order valence-corrected chi connectivity index (χ4v) is 3.26. The van der Waals surface area contributed by atoms with Crippen molar-refractivity contribution in [1.29, 1.82) is 0 Å². The predicted octanol–water partition coefficient (Wildman–Crippen LogP) is 2.41. The smallest absolute Gasteiger partial charge is 0.338 e.